The number of carbonyl (C=O) groups is 2. The van der Waals surface area contributed by atoms with E-state index in [9.17, 15) is 21.9 Å². The zero-order chi connectivity index (χ0) is 31.9. The number of piperazine rings is 1. The van der Waals surface area contributed by atoms with Gasteiger partial charge in [0.1, 0.15) is 22.7 Å². The molecule has 3 heterocycles. The lowest BCUT2D eigenvalue weighted by atomic mass is 9.99. The number of aliphatic imine (C=N–C) groups is 1. The quantitative estimate of drug-likeness (QED) is 0.225. The molecule has 1 fully saturated rings. The van der Waals surface area contributed by atoms with Gasteiger partial charge in [0.25, 0.3) is 5.91 Å². The van der Waals surface area contributed by atoms with Gasteiger partial charge in [-0.2, -0.15) is 8.42 Å². The molecule has 0 radical (unpaired) electrons. The van der Waals surface area contributed by atoms with Crippen LogP contribution in [-0.2, 0) is 15.0 Å². The zero-order valence-electron chi connectivity index (χ0n) is 24.2. The number of rotatable bonds is 5. The van der Waals surface area contributed by atoms with Gasteiger partial charge in [-0.3, -0.25) is 30.3 Å². The number of benzene rings is 2. The molecule has 1 atom stereocenters. The summed E-state index contributed by atoms with van der Waals surface area (Å²) in [5, 5.41) is 18.9. The maximum atomic E-state index is 13.6. The topological polar surface area (TPSA) is 138 Å². The molecule has 0 unspecified atom stereocenters. The molecule has 0 bridgehead atoms. The summed E-state index contributed by atoms with van der Waals surface area (Å²) >= 11 is 7.63. The lowest BCUT2D eigenvalue weighted by molar-refractivity contribution is -0.132. The molecule has 0 aliphatic carbocycles. The third-order valence-electron chi connectivity index (χ3n) is 7.75. The molecule has 230 valence electrons. The first-order valence-corrected chi connectivity index (χ1v) is 16.3. The van der Waals surface area contributed by atoms with Crippen LogP contribution in [0.3, 0.4) is 0 Å². The maximum absolute atomic E-state index is 13.6. The number of thiophene rings is 1. The van der Waals surface area contributed by atoms with Crippen molar-refractivity contribution in [1.29, 1.82) is 10.8 Å². The van der Waals surface area contributed by atoms with Crippen LogP contribution in [0.4, 0.5) is 8.89 Å². The molecule has 2 aliphatic heterocycles. The molecule has 44 heavy (non-hydrogen) atoms. The number of carbonyl (C=O) groups excluding carboxylic acids is 2. The SMILES string of the molecule is CC(=N)N1C(=N)[C@H](CC(=O)N2CCN(C(=O)c3cccc(S(=O)(=O)F)c3)CC2)N=C(c2ccc(Cl)cc2)c2c1sc(C)c2C. The highest BCUT2D eigenvalue weighted by Crippen LogP contribution is 2.40. The van der Waals surface area contributed by atoms with E-state index in [2.05, 4.69) is 0 Å². The average Bonchev–Trinajstić information content (AvgIpc) is 3.20. The van der Waals surface area contributed by atoms with Crippen LogP contribution < -0.4 is 4.90 Å². The van der Waals surface area contributed by atoms with Gasteiger partial charge in [0.2, 0.25) is 5.91 Å². The van der Waals surface area contributed by atoms with Gasteiger partial charge in [-0.25, -0.2) is 0 Å². The first kappa shape index (κ1) is 31.5. The van der Waals surface area contributed by atoms with Crippen molar-refractivity contribution in [2.45, 2.75) is 38.1 Å². The van der Waals surface area contributed by atoms with E-state index in [0.717, 1.165) is 33.7 Å². The van der Waals surface area contributed by atoms with Crippen molar-refractivity contribution in [3.05, 3.63) is 80.7 Å². The van der Waals surface area contributed by atoms with Gasteiger partial charge >= 0.3 is 10.2 Å². The second-order valence-corrected chi connectivity index (χ2v) is 13.6. The van der Waals surface area contributed by atoms with Gasteiger partial charge in [-0.05, 0) is 56.7 Å². The number of anilines is 1. The van der Waals surface area contributed by atoms with Crippen molar-refractivity contribution >= 4 is 67.4 Å². The Bertz CT molecular complexity index is 1810. The summed E-state index contributed by atoms with van der Waals surface area (Å²) in [6.45, 7) is 6.40. The van der Waals surface area contributed by atoms with Gasteiger partial charge in [0, 0.05) is 52.8 Å². The summed E-state index contributed by atoms with van der Waals surface area (Å²) < 4.78 is 36.0. The molecular formula is C30H30ClFN6O4S2. The van der Waals surface area contributed by atoms with Crippen LogP contribution in [0.2, 0.25) is 5.02 Å². The molecule has 0 saturated carbocycles. The number of nitrogens with zero attached hydrogens (tertiary/aromatic N) is 4. The highest BCUT2D eigenvalue weighted by molar-refractivity contribution is 7.86. The molecule has 1 saturated heterocycles. The lowest BCUT2D eigenvalue weighted by Gasteiger charge is -2.35. The maximum Gasteiger partial charge on any atom is 0.332 e. The molecule has 2 aliphatic rings. The average molecular weight is 657 g/mol. The minimum absolute atomic E-state index is 0.0221. The molecule has 14 heteroatoms. The van der Waals surface area contributed by atoms with Crippen molar-refractivity contribution in [3.8, 4) is 0 Å². The Kier molecular flexibility index (Phi) is 8.74. The van der Waals surface area contributed by atoms with Gasteiger partial charge < -0.3 is 9.80 Å². The zero-order valence-corrected chi connectivity index (χ0v) is 26.6. The smallest absolute Gasteiger partial charge is 0.332 e. The fourth-order valence-electron chi connectivity index (χ4n) is 5.30. The summed E-state index contributed by atoms with van der Waals surface area (Å²) in [5.41, 5.74) is 3.25. The predicted octanol–water partition coefficient (Wildman–Crippen LogP) is 5.05. The van der Waals surface area contributed by atoms with Crippen molar-refractivity contribution in [2.75, 3.05) is 31.1 Å². The van der Waals surface area contributed by atoms with Gasteiger partial charge in [-0.1, -0.05) is 29.8 Å². The van der Waals surface area contributed by atoms with E-state index in [-0.39, 0.29) is 55.7 Å². The van der Waals surface area contributed by atoms with E-state index in [1.807, 2.05) is 26.0 Å². The van der Waals surface area contributed by atoms with E-state index >= 15 is 0 Å². The van der Waals surface area contributed by atoms with E-state index in [1.54, 1.807) is 28.9 Å². The standard InChI is InChI=1S/C30H30ClFN6O4S2/c1-17-18(2)43-30-26(17)27(20-7-9-22(31)10-8-20)35-24(28(34)38(30)19(3)33)16-25(39)36-11-13-37(14-12-36)29(40)21-5-4-6-23(15-21)44(32,41)42/h4-10,15,24,33-34H,11-14,16H2,1-3H3/t24-/m0/s1. The first-order chi connectivity index (χ1) is 20.8. The minimum Gasteiger partial charge on any atom is -0.339 e. The second kappa shape index (κ2) is 12.2. The summed E-state index contributed by atoms with van der Waals surface area (Å²) in [6.07, 6.45) is -0.114. The van der Waals surface area contributed by atoms with Crippen LogP contribution in [0, 0.1) is 24.7 Å². The van der Waals surface area contributed by atoms with E-state index in [4.69, 9.17) is 27.4 Å². The first-order valence-electron chi connectivity index (χ1n) is 13.8. The minimum atomic E-state index is -4.96. The molecule has 0 spiro atoms. The van der Waals surface area contributed by atoms with Gasteiger partial charge in [0.05, 0.1) is 17.0 Å². The lowest BCUT2D eigenvalue weighted by Crippen LogP contribution is -2.51. The number of nitrogens with one attached hydrogen (secondary N) is 2. The molecular weight excluding hydrogens is 627 g/mol. The van der Waals surface area contributed by atoms with E-state index in [1.165, 1.54) is 28.4 Å². The fourth-order valence-corrected chi connectivity index (χ4v) is 7.16. The van der Waals surface area contributed by atoms with Gasteiger partial charge in [-0.15, -0.1) is 15.2 Å². The molecule has 1 aromatic heterocycles. The molecule has 3 aromatic rings. The van der Waals surface area contributed by atoms with Crippen molar-refractivity contribution in [2.24, 2.45) is 4.99 Å². The van der Waals surface area contributed by atoms with Crippen LogP contribution in [0.15, 0.2) is 58.4 Å². The van der Waals surface area contributed by atoms with Crippen molar-refractivity contribution in [3.63, 3.8) is 0 Å². The monoisotopic (exact) mass is 656 g/mol. The Balaban J connectivity index is 1.38. The summed E-state index contributed by atoms with van der Waals surface area (Å²) in [7, 11) is -4.96. The molecule has 2 N–H and O–H groups in total. The van der Waals surface area contributed by atoms with Gasteiger partial charge in [0.15, 0.2) is 0 Å². The third-order valence-corrected chi connectivity index (χ3v) is 10.0. The van der Waals surface area contributed by atoms with E-state index < -0.39 is 27.1 Å². The third kappa shape index (κ3) is 6.17. The summed E-state index contributed by atoms with van der Waals surface area (Å²) in [6, 6.07) is 11.2. The Morgan fingerprint density at radius 3 is 2.32 bits per heavy atom. The Morgan fingerprint density at radius 2 is 1.70 bits per heavy atom. The Hall–Kier alpha value is -3.94. The molecule has 10 nitrogen and oxygen atoms in total. The summed E-state index contributed by atoms with van der Waals surface area (Å²) in [4.78, 5) is 36.7. The molecule has 2 amide bonds. The van der Waals surface area contributed by atoms with Crippen molar-refractivity contribution in [1.82, 2.24) is 9.80 Å². The number of aryl methyl sites for hydroxylation is 1. The summed E-state index contributed by atoms with van der Waals surface area (Å²) in [5.74, 6) is -0.551. The highest BCUT2D eigenvalue weighted by atomic mass is 35.5. The Morgan fingerprint density at radius 1 is 1.07 bits per heavy atom. The fraction of sp³-hybridized carbons (Fsp3) is 0.300. The second-order valence-electron chi connectivity index (χ2n) is 10.6. The predicted molar refractivity (Wildman–Crippen MR) is 170 cm³/mol. The normalized spacial score (nSPS) is 17.2. The number of amidine groups is 2. The van der Waals surface area contributed by atoms with E-state index in [0.29, 0.717) is 15.7 Å². The largest absolute Gasteiger partial charge is 0.339 e. The number of hydrogen-bond donors (Lipinski definition) is 2. The molecule has 2 aromatic carbocycles. The molecule has 5 rings (SSSR count). The number of fused-ring (bicyclic) bond motifs is 1. The number of halogens is 2. The van der Waals surface area contributed by atoms with Crippen LogP contribution in [0.25, 0.3) is 0 Å². The van der Waals surface area contributed by atoms with Crippen LogP contribution in [-0.4, -0.2) is 79.6 Å². The van der Waals surface area contributed by atoms with Crippen molar-refractivity contribution < 1.29 is 21.9 Å². The Labute approximate surface area is 264 Å². The number of amides is 2. The van der Waals surface area contributed by atoms with Crippen LogP contribution in [0.1, 0.15) is 45.3 Å². The highest BCUT2D eigenvalue weighted by Gasteiger charge is 2.36. The van der Waals surface area contributed by atoms with Crippen LogP contribution in [0.5, 0.6) is 0 Å². The van der Waals surface area contributed by atoms with Crippen LogP contribution >= 0.6 is 22.9 Å². The number of hydrogen-bond acceptors (Lipinski definition) is 8.